The molecule has 25 heavy (non-hydrogen) atoms. The molecule has 0 N–H and O–H groups in total. The van der Waals surface area contributed by atoms with Gasteiger partial charge in [0, 0.05) is 18.8 Å². The maximum absolute atomic E-state index is 14.2. The number of carbonyl (C=O) groups excluding carboxylic acids is 1. The number of hydrogen-bond acceptors (Lipinski definition) is 2. The van der Waals surface area contributed by atoms with Gasteiger partial charge in [-0.2, -0.15) is 5.10 Å². The van der Waals surface area contributed by atoms with Gasteiger partial charge in [0.25, 0.3) is 5.91 Å². The molecule has 0 aliphatic heterocycles. The Kier molecular flexibility index (Phi) is 4.32. The minimum absolute atomic E-state index is 0.168. The zero-order valence-electron chi connectivity index (χ0n) is 14.7. The summed E-state index contributed by atoms with van der Waals surface area (Å²) in [6.07, 6.45) is 7.50. The number of fused-ring (bicyclic) bond motifs is 1. The Labute approximate surface area is 147 Å². The first-order chi connectivity index (χ1) is 12.1. The van der Waals surface area contributed by atoms with Gasteiger partial charge in [0.15, 0.2) is 0 Å². The molecule has 0 bridgehead atoms. The summed E-state index contributed by atoms with van der Waals surface area (Å²) >= 11 is 0. The number of nitrogens with zero attached hydrogens (tertiary/aromatic N) is 3. The van der Waals surface area contributed by atoms with Gasteiger partial charge in [-0.1, -0.05) is 25.0 Å². The van der Waals surface area contributed by atoms with Crippen LogP contribution in [0, 0.1) is 5.82 Å². The van der Waals surface area contributed by atoms with E-state index in [0.29, 0.717) is 6.54 Å². The van der Waals surface area contributed by atoms with Crippen LogP contribution in [0.15, 0.2) is 24.3 Å². The maximum Gasteiger partial charge on any atom is 0.257 e. The molecule has 0 atom stereocenters. The molecule has 1 amide bonds. The number of carbonyl (C=O) groups is 1. The topological polar surface area (TPSA) is 38.1 Å². The predicted molar refractivity (Wildman–Crippen MR) is 93.8 cm³/mol. The Morgan fingerprint density at radius 1 is 1.24 bits per heavy atom. The van der Waals surface area contributed by atoms with E-state index in [4.69, 9.17) is 0 Å². The van der Waals surface area contributed by atoms with E-state index in [1.165, 1.54) is 17.3 Å². The van der Waals surface area contributed by atoms with Crippen LogP contribution in [0.5, 0.6) is 0 Å². The second-order valence-corrected chi connectivity index (χ2v) is 7.20. The van der Waals surface area contributed by atoms with Crippen molar-refractivity contribution in [1.29, 1.82) is 0 Å². The first-order valence-corrected chi connectivity index (χ1v) is 9.24. The number of amides is 1. The van der Waals surface area contributed by atoms with Crippen molar-refractivity contribution in [2.75, 3.05) is 0 Å². The van der Waals surface area contributed by atoms with Crippen LogP contribution in [0.25, 0.3) is 0 Å². The highest BCUT2D eigenvalue weighted by molar-refractivity contribution is 5.94. The van der Waals surface area contributed by atoms with Crippen LogP contribution < -0.4 is 0 Å². The summed E-state index contributed by atoms with van der Waals surface area (Å²) in [4.78, 5) is 15.0. The number of benzene rings is 1. The minimum atomic E-state index is -0.443. The molecule has 5 heteroatoms. The first kappa shape index (κ1) is 16.3. The van der Waals surface area contributed by atoms with Gasteiger partial charge in [-0.05, 0) is 49.8 Å². The van der Waals surface area contributed by atoms with Crippen molar-refractivity contribution < 1.29 is 9.18 Å². The monoisotopic (exact) mass is 341 g/mol. The second-order valence-electron chi connectivity index (χ2n) is 7.20. The van der Waals surface area contributed by atoms with Crippen LogP contribution in [0.3, 0.4) is 0 Å². The van der Waals surface area contributed by atoms with Crippen LogP contribution in [-0.4, -0.2) is 26.6 Å². The molecule has 2 aromatic rings. The Morgan fingerprint density at radius 2 is 2.00 bits per heavy atom. The van der Waals surface area contributed by atoms with E-state index in [0.717, 1.165) is 50.6 Å². The molecule has 4 rings (SSSR count). The lowest BCUT2D eigenvalue weighted by molar-refractivity contribution is 0.0656. The van der Waals surface area contributed by atoms with Crippen molar-refractivity contribution in [3.8, 4) is 0 Å². The van der Waals surface area contributed by atoms with E-state index < -0.39 is 5.82 Å². The molecule has 2 aliphatic rings. The van der Waals surface area contributed by atoms with Crippen molar-refractivity contribution in [2.45, 2.75) is 57.5 Å². The number of aryl methyl sites for hydroxylation is 1. The molecule has 1 aromatic carbocycles. The maximum atomic E-state index is 14.2. The third-order valence-corrected chi connectivity index (χ3v) is 5.65. The Balaban J connectivity index is 1.66. The lowest BCUT2D eigenvalue weighted by Gasteiger charge is -2.29. The van der Waals surface area contributed by atoms with Gasteiger partial charge in [0.1, 0.15) is 5.82 Å². The molecule has 0 radical (unpaired) electrons. The number of aromatic nitrogens is 2. The summed E-state index contributed by atoms with van der Waals surface area (Å²) in [5.74, 6) is -0.649. The van der Waals surface area contributed by atoms with Gasteiger partial charge in [0.05, 0.1) is 17.8 Å². The fraction of sp³-hybridized carbons (Fsp3) is 0.500. The molecular weight excluding hydrogens is 317 g/mol. The van der Waals surface area contributed by atoms with E-state index in [1.807, 2.05) is 16.6 Å². The van der Waals surface area contributed by atoms with Crippen molar-refractivity contribution in [2.24, 2.45) is 7.05 Å². The smallest absolute Gasteiger partial charge is 0.257 e. The zero-order valence-corrected chi connectivity index (χ0v) is 14.7. The third-order valence-electron chi connectivity index (χ3n) is 5.65. The van der Waals surface area contributed by atoms with Crippen LogP contribution in [0.2, 0.25) is 0 Å². The highest BCUT2D eigenvalue weighted by Crippen LogP contribution is 2.30. The summed E-state index contributed by atoms with van der Waals surface area (Å²) in [5.41, 5.74) is 3.75. The fourth-order valence-corrected chi connectivity index (χ4v) is 4.36. The highest BCUT2D eigenvalue weighted by atomic mass is 19.1. The quantitative estimate of drug-likeness (QED) is 0.852. The largest absolute Gasteiger partial charge is 0.330 e. The molecular formula is C20H24FN3O. The average molecular weight is 341 g/mol. The van der Waals surface area contributed by atoms with Crippen LogP contribution >= 0.6 is 0 Å². The first-order valence-electron chi connectivity index (χ1n) is 9.24. The number of halogens is 1. The van der Waals surface area contributed by atoms with Crippen molar-refractivity contribution in [3.05, 3.63) is 52.6 Å². The lowest BCUT2D eigenvalue weighted by atomic mass is 10.1. The normalized spacial score (nSPS) is 17.0. The molecule has 1 saturated carbocycles. The highest BCUT2D eigenvalue weighted by Gasteiger charge is 2.31. The van der Waals surface area contributed by atoms with E-state index in [1.54, 1.807) is 18.2 Å². The third kappa shape index (κ3) is 2.96. The van der Waals surface area contributed by atoms with Gasteiger partial charge in [-0.25, -0.2) is 4.39 Å². The molecule has 1 heterocycles. The second kappa shape index (κ2) is 6.62. The Hall–Kier alpha value is -2.17. The molecule has 1 aromatic heterocycles. The summed E-state index contributed by atoms with van der Waals surface area (Å²) in [6.45, 7) is 0.487. The standard InChI is InChI=1S/C20H24FN3O/c1-23-19-12-6-10-16(19)18(22-23)13-24(14-7-2-3-8-14)20(25)15-9-4-5-11-17(15)21/h4-5,9,11,14H,2-3,6-8,10,12-13H2,1H3. The van der Waals surface area contributed by atoms with E-state index in [-0.39, 0.29) is 17.5 Å². The van der Waals surface area contributed by atoms with E-state index in [2.05, 4.69) is 5.10 Å². The summed E-state index contributed by atoms with van der Waals surface area (Å²) in [5, 5.41) is 4.67. The molecule has 0 spiro atoms. The Morgan fingerprint density at radius 3 is 2.76 bits per heavy atom. The summed E-state index contributed by atoms with van der Waals surface area (Å²) in [7, 11) is 1.98. The number of hydrogen-bond donors (Lipinski definition) is 0. The van der Waals surface area contributed by atoms with Crippen LogP contribution in [0.1, 0.15) is 59.4 Å². The van der Waals surface area contributed by atoms with Gasteiger partial charge >= 0.3 is 0 Å². The van der Waals surface area contributed by atoms with Crippen molar-refractivity contribution in [1.82, 2.24) is 14.7 Å². The summed E-state index contributed by atoms with van der Waals surface area (Å²) < 4.78 is 16.1. The molecule has 0 saturated heterocycles. The lowest BCUT2D eigenvalue weighted by Crippen LogP contribution is -2.39. The van der Waals surface area contributed by atoms with Crippen molar-refractivity contribution >= 4 is 5.91 Å². The fourth-order valence-electron chi connectivity index (χ4n) is 4.36. The SMILES string of the molecule is Cn1nc(CN(C(=O)c2ccccc2F)C2CCCC2)c2c1CCC2. The zero-order chi connectivity index (χ0) is 17.4. The number of rotatable bonds is 4. The predicted octanol–water partition coefficient (Wildman–Crippen LogP) is 3.63. The molecule has 1 fully saturated rings. The molecule has 0 unspecified atom stereocenters. The van der Waals surface area contributed by atoms with E-state index in [9.17, 15) is 9.18 Å². The average Bonchev–Trinajstić information content (AvgIpc) is 3.33. The van der Waals surface area contributed by atoms with Gasteiger partial charge in [0.2, 0.25) is 0 Å². The van der Waals surface area contributed by atoms with Crippen molar-refractivity contribution in [3.63, 3.8) is 0 Å². The molecule has 132 valence electrons. The van der Waals surface area contributed by atoms with Gasteiger partial charge in [-0.15, -0.1) is 0 Å². The van der Waals surface area contributed by atoms with Gasteiger partial charge in [-0.3, -0.25) is 9.48 Å². The molecule has 4 nitrogen and oxygen atoms in total. The van der Waals surface area contributed by atoms with Crippen LogP contribution in [-0.2, 0) is 26.4 Å². The Bertz CT molecular complexity index is 792. The van der Waals surface area contributed by atoms with Gasteiger partial charge < -0.3 is 4.90 Å². The van der Waals surface area contributed by atoms with Crippen LogP contribution in [0.4, 0.5) is 4.39 Å². The summed E-state index contributed by atoms with van der Waals surface area (Å²) in [6, 6.07) is 6.48. The minimum Gasteiger partial charge on any atom is -0.330 e. The van der Waals surface area contributed by atoms with E-state index >= 15 is 0 Å². The molecule has 2 aliphatic carbocycles.